The van der Waals surface area contributed by atoms with Crippen LogP contribution in [0.1, 0.15) is 5.56 Å². The highest BCUT2D eigenvalue weighted by atomic mass is 32.1. The van der Waals surface area contributed by atoms with Gasteiger partial charge < -0.3 is 9.88 Å². The third kappa shape index (κ3) is 3.53. The van der Waals surface area contributed by atoms with E-state index in [1.54, 1.807) is 17.7 Å². The molecule has 32 heavy (non-hydrogen) atoms. The molecular weight excluding hydrogens is 412 g/mol. The van der Waals surface area contributed by atoms with Gasteiger partial charge in [0.2, 0.25) is 0 Å². The largest absolute Gasteiger partial charge is 0.343 e. The van der Waals surface area contributed by atoms with E-state index >= 15 is 0 Å². The van der Waals surface area contributed by atoms with Gasteiger partial charge in [0.1, 0.15) is 6.33 Å². The fourth-order valence-electron chi connectivity index (χ4n) is 4.02. The Labute approximate surface area is 189 Å². The molecular formula is C27H20N4S. The first-order chi connectivity index (χ1) is 15.8. The summed E-state index contributed by atoms with van der Waals surface area (Å²) in [6.07, 6.45) is 3.77. The van der Waals surface area contributed by atoms with E-state index in [-0.39, 0.29) is 0 Å². The van der Waals surface area contributed by atoms with Crippen molar-refractivity contribution in [3.63, 3.8) is 0 Å². The molecule has 0 aliphatic rings. The SMILES string of the molecule is c1ccc(Cn2ccc3cc(Nc4ncnc5cc(-c6ccccc6)sc45)ccc32)cc1. The number of benzene rings is 3. The summed E-state index contributed by atoms with van der Waals surface area (Å²) in [5, 5.41) is 4.71. The van der Waals surface area contributed by atoms with Crippen LogP contribution in [0.5, 0.6) is 0 Å². The van der Waals surface area contributed by atoms with Gasteiger partial charge in [-0.25, -0.2) is 9.97 Å². The molecule has 0 atom stereocenters. The van der Waals surface area contributed by atoms with Crippen LogP contribution in [-0.4, -0.2) is 14.5 Å². The van der Waals surface area contributed by atoms with Crippen LogP contribution in [0.3, 0.4) is 0 Å². The number of nitrogens with one attached hydrogen (secondary N) is 1. The van der Waals surface area contributed by atoms with Gasteiger partial charge in [0.25, 0.3) is 0 Å². The summed E-state index contributed by atoms with van der Waals surface area (Å²) in [5.41, 5.74) is 5.69. The van der Waals surface area contributed by atoms with Gasteiger partial charge in [0, 0.05) is 34.2 Å². The Kier molecular flexibility index (Phi) is 4.66. The molecule has 0 aliphatic carbocycles. The summed E-state index contributed by atoms with van der Waals surface area (Å²) < 4.78 is 3.34. The van der Waals surface area contributed by atoms with Gasteiger partial charge in [-0.15, -0.1) is 11.3 Å². The Hall–Kier alpha value is -3.96. The molecule has 0 bridgehead atoms. The van der Waals surface area contributed by atoms with Crippen molar-refractivity contribution in [2.45, 2.75) is 6.54 Å². The van der Waals surface area contributed by atoms with E-state index in [2.05, 4.69) is 111 Å². The van der Waals surface area contributed by atoms with Crippen molar-refractivity contribution in [3.8, 4) is 10.4 Å². The number of rotatable bonds is 5. The van der Waals surface area contributed by atoms with Crippen molar-refractivity contribution in [1.29, 1.82) is 0 Å². The molecule has 3 aromatic carbocycles. The number of fused-ring (bicyclic) bond motifs is 2. The maximum absolute atomic E-state index is 4.53. The molecule has 4 nitrogen and oxygen atoms in total. The fraction of sp³-hybridized carbons (Fsp3) is 0.0370. The molecule has 0 aliphatic heterocycles. The first kappa shape index (κ1) is 18.8. The van der Waals surface area contributed by atoms with Crippen molar-refractivity contribution in [3.05, 3.63) is 109 Å². The monoisotopic (exact) mass is 432 g/mol. The molecule has 0 amide bonds. The lowest BCUT2D eigenvalue weighted by Crippen LogP contribution is -1.98. The molecule has 3 aromatic heterocycles. The fourth-order valence-corrected chi connectivity index (χ4v) is 5.08. The number of hydrogen-bond acceptors (Lipinski definition) is 4. The topological polar surface area (TPSA) is 42.7 Å². The molecule has 1 N–H and O–H groups in total. The van der Waals surface area contributed by atoms with E-state index in [0.717, 1.165) is 28.3 Å². The molecule has 5 heteroatoms. The van der Waals surface area contributed by atoms with Crippen molar-refractivity contribution in [2.75, 3.05) is 5.32 Å². The number of aromatic nitrogens is 3. The second-order valence-corrected chi connectivity index (χ2v) is 8.79. The standard InChI is InChI=1S/C27H20N4S/c1-3-7-19(8-4-1)17-31-14-13-21-15-22(11-12-24(21)31)30-27-26-23(28-18-29-27)16-25(32-26)20-9-5-2-6-10-20/h1-16,18H,17H2,(H,28,29,30). The summed E-state index contributed by atoms with van der Waals surface area (Å²) in [6, 6.07) is 31.7. The molecule has 3 heterocycles. The Morgan fingerprint density at radius 3 is 2.47 bits per heavy atom. The lowest BCUT2D eigenvalue weighted by molar-refractivity contribution is 0.837. The molecule has 6 aromatic rings. The van der Waals surface area contributed by atoms with Crippen molar-refractivity contribution in [2.24, 2.45) is 0 Å². The van der Waals surface area contributed by atoms with Crippen molar-refractivity contribution in [1.82, 2.24) is 14.5 Å². The summed E-state index contributed by atoms with van der Waals surface area (Å²) >= 11 is 1.71. The Bertz CT molecular complexity index is 1520. The summed E-state index contributed by atoms with van der Waals surface area (Å²) in [4.78, 5) is 10.2. The average Bonchev–Trinajstić information content (AvgIpc) is 3.45. The van der Waals surface area contributed by atoms with Crippen LogP contribution in [0.15, 0.2) is 104 Å². The van der Waals surface area contributed by atoms with Crippen LogP contribution in [0.2, 0.25) is 0 Å². The smallest absolute Gasteiger partial charge is 0.151 e. The molecule has 0 saturated heterocycles. The lowest BCUT2D eigenvalue weighted by Gasteiger charge is -2.08. The van der Waals surface area contributed by atoms with Gasteiger partial charge in [-0.05, 0) is 41.5 Å². The van der Waals surface area contributed by atoms with Gasteiger partial charge in [-0.2, -0.15) is 0 Å². The van der Waals surface area contributed by atoms with Crippen LogP contribution in [0.25, 0.3) is 31.6 Å². The van der Waals surface area contributed by atoms with Gasteiger partial charge in [-0.3, -0.25) is 0 Å². The van der Waals surface area contributed by atoms with Crippen LogP contribution in [0.4, 0.5) is 11.5 Å². The maximum Gasteiger partial charge on any atom is 0.151 e. The van der Waals surface area contributed by atoms with E-state index in [1.807, 2.05) is 6.07 Å². The third-order valence-corrected chi connectivity index (χ3v) is 6.78. The highest BCUT2D eigenvalue weighted by molar-refractivity contribution is 7.22. The quantitative estimate of drug-likeness (QED) is 0.316. The van der Waals surface area contributed by atoms with E-state index in [4.69, 9.17) is 0 Å². The number of anilines is 2. The molecule has 0 saturated carbocycles. The van der Waals surface area contributed by atoms with E-state index in [9.17, 15) is 0 Å². The molecule has 6 rings (SSSR count). The summed E-state index contributed by atoms with van der Waals surface area (Å²) in [7, 11) is 0. The number of thiophene rings is 1. The zero-order chi connectivity index (χ0) is 21.3. The number of hydrogen-bond donors (Lipinski definition) is 1. The highest BCUT2D eigenvalue weighted by Gasteiger charge is 2.11. The van der Waals surface area contributed by atoms with Crippen molar-refractivity contribution >= 4 is 44.0 Å². The molecule has 0 radical (unpaired) electrons. The first-order valence-corrected chi connectivity index (χ1v) is 11.3. The molecule has 154 valence electrons. The maximum atomic E-state index is 4.53. The average molecular weight is 433 g/mol. The second kappa shape index (κ2) is 7.94. The molecule has 0 spiro atoms. The van der Waals surface area contributed by atoms with Crippen LogP contribution in [0, 0.1) is 0 Å². The van der Waals surface area contributed by atoms with Crippen LogP contribution >= 0.6 is 11.3 Å². The van der Waals surface area contributed by atoms with E-state index in [0.29, 0.717) is 0 Å². The third-order valence-electron chi connectivity index (χ3n) is 5.60. The molecule has 0 unspecified atom stereocenters. The van der Waals surface area contributed by atoms with Crippen LogP contribution in [-0.2, 0) is 6.54 Å². The highest BCUT2D eigenvalue weighted by Crippen LogP contribution is 2.36. The minimum absolute atomic E-state index is 0.838. The van der Waals surface area contributed by atoms with E-state index in [1.165, 1.54) is 26.9 Å². The minimum atomic E-state index is 0.838. The first-order valence-electron chi connectivity index (χ1n) is 10.5. The summed E-state index contributed by atoms with van der Waals surface area (Å²) in [6.45, 7) is 0.862. The zero-order valence-electron chi connectivity index (χ0n) is 17.3. The summed E-state index contributed by atoms with van der Waals surface area (Å²) in [5.74, 6) is 0.838. The predicted molar refractivity (Wildman–Crippen MR) is 134 cm³/mol. The van der Waals surface area contributed by atoms with Gasteiger partial charge in [0.05, 0.1) is 10.2 Å². The lowest BCUT2D eigenvalue weighted by atomic mass is 10.2. The van der Waals surface area contributed by atoms with Crippen LogP contribution < -0.4 is 5.32 Å². The molecule has 0 fully saturated rings. The zero-order valence-corrected chi connectivity index (χ0v) is 18.1. The second-order valence-electron chi connectivity index (χ2n) is 7.74. The van der Waals surface area contributed by atoms with Gasteiger partial charge >= 0.3 is 0 Å². The normalized spacial score (nSPS) is 11.2. The Morgan fingerprint density at radius 1 is 0.812 bits per heavy atom. The van der Waals surface area contributed by atoms with E-state index < -0.39 is 0 Å². The van der Waals surface area contributed by atoms with Gasteiger partial charge in [-0.1, -0.05) is 60.7 Å². The minimum Gasteiger partial charge on any atom is -0.343 e. The Morgan fingerprint density at radius 2 is 1.62 bits per heavy atom. The number of nitrogens with zero attached hydrogens (tertiary/aromatic N) is 3. The van der Waals surface area contributed by atoms with Crippen molar-refractivity contribution < 1.29 is 0 Å². The predicted octanol–water partition coefficient (Wildman–Crippen LogP) is 7.10. The Balaban J connectivity index is 1.31. The van der Waals surface area contributed by atoms with Gasteiger partial charge in [0.15, 0.2) is 5.82 Å².